The number of amides is 1. The first-order chi connectivity index (χ1) is 11.6. The van der Waals surface area contributed by atoms with Crippen molar-refractivity contribution in [1.82, 2.24) is 15.0 Å². The van der Waals surface area contributed by atoms with E-state index in [4.69, 9.17) is 0 Å². The Balaban J connectivity index is 1.98. The average molecular weight is 324 g/mol. The summed E-state index contributed by atoms with van der Waals surface area (Å²) in [6, 6.07) is 15.5. The zero-order chi connectivity index (χ0) is 17.1. The Hall–Kier alpha value is -3.02. The number of halogens is 1. The Morgan fingerprint density at radius 1 is 1.08 bits per heavy atom. The number of para-hydroxylation sites is 2. The van der Waals surface area contributed by atoms with Crippen LogP contribution in [0.5, 0.6) is 0 Å². The number of nitrogens with zero attached hydrogens (tertiary/aromatic N) is 3. The molecule has 0 radical (unpaired) electrons. The molecule has 0 aliphatic heterocycles. The second kappa shape index (κ2) is 6.62. The van der Waals surface area contributed by atoms with E-state index < -0.39 is 11.7 Å². The monoisotopic (exact) mass is 324 g/mol. The van der Waals surface area contributed by atoms with E-state index in [9.17, 15) is 9.18 Å². The highest BCUT2D eigenvalue weighted by molar-refractivity contribution is 6.03. The van der Waals surface area contributed by atoms with Crippen LogP contribution in [0.15, 0.2) is 54.6 Å². The lowest BCUT2D eigenvalue weighted by Gasteiger charge is -2.11. The van der Waals surface area contributed by atoms with Crippen LogP contribution >= 0.6 is 0 Å². The van der Waals surface area contributed by atoms with Gasteiger partial charge in [0.1, 0.15) is 5.82 Å². The van der Waals surface area contributed by atoms with Gasteiger partial charge in [-0.25, -0.2) is 9.07 Å². The molecule has 0 saturated carbocycles. The van der Waals surface area contributed by atoms with Crippen LogP contribution in [0.2, 0.25) is 0 Å². The summed E-state index contributed by atoms with van der Waals surface area (Å²) in [5, 5.41) is 10.7. The second-order valence-electron chi connectivity index (χ2n) is 5.66. The molecule has 0 aliphatic carbocycles. The molecule has 0 fully saturated rings. The number of rotatable bonds is 4. The van der Waals surface area contributed by atoms with Crippen molar-refractivity contribution < 1.29 is 9.18 Å². The molecule has 0 bridgehead atoms. The third-order valence-electron chi connectivity index (χ3n) is 3.59. The van der Waals surface area contributed by atoms with Crippen LogP contribution in [0.3, 0.4) is 0 Å². The third kappa shape index (κ3) is 3.03. The smallest absolute Gasteiger partial charge is 0.278 e. The fourth-order valence-corrected chi connectivity index (χ4v) is 2.47. The van der Waals surface area contributed by atoms with Crippen molar-refractivity contribution in [3.63, 3.8) is 0 Å². The highest BCUT2D eigenvalue weighted by Gasteiger charge is 2.23. The Bertz CT molecular complexity index is 858. The van der Waals surface area contributed by atoms with Crippen LogP contribution in [-0.2, 0) is 0 Å². The number of hydrogen-bond donors (Lipinski definition) is 1. The third-order valence-corrected chi connectivity index (χ3v) is 3.59. The molecule has 3 aromatic rings. The maximum Gasteiger partial charge on any atom is 0.278 e. The Kier molecular flexibility index (Phi) is 4.37. The van der Waals surface area contributed by atoms with Gasteiger partial charge in [-0.15, -0.1) is 5.10 Å². The molecule has 0 aliphatic rings. The van der Waals surface area contributed by atoms with Gasteiger partial charge in [-0.05, 0) is 30.2 Å². The minimum Gasteiger partial charge on any atom is -0.318 e. The Morgan fingerprint density at radius 2 is 1.75 bits per heavy atom. The lowest BCUT2D eigenvalue weighted by molar-refractivity contribution is 0.102. The van der Waals surface area contributed by atoms with E-state index in [0.29, 0.717) is 5.69 Å². The van der Waals surface area contributed by atoms with Crippen molar-refractivity contribution in [2.24, 2.45) is 0 Å². The van der Waals surface area contributed by atoms with E-state index in [-0.39, 0.29) is 17.3 Å². The fourth-order valence-electron chi connectivity index (χ4n) is 2.47. The maximum atomic E-state index is 13.7. The van der Waals surface area contributed by atoms with Crippen LogP contribution in [0.25, 0.3) is 5.69 Å². The molecule has 6 heteroatoms. The van der Waals surface area contributed by atoms with Gasteiger partial charge in [0, 0.05) is 0 Å². The molecule has 24 heavy (non-hydrogen) atoms. The predicted octanol–water partition coefficient (Wildman–Crippen LogP) is 3.78. The predicted molar refractivity (Wildman–Crippen MR) is 89.8 cm³/mol. The molecule has 122 valence electrons. The summed E-state index contributed by atoms with van der Waals surface area (Å²) in [6.45, 7) is 3.91. The maximum absolute atomic E-state index is 13.7. The van der Waals surface area contributed by atoms with Crippen molar-refractivity contribution in [3.05, 3.63) is 71.8 Å². The largest absolute Gasteiger partial charge is 0.318 e. The van der Waals surface area contributed by atoms with Gasteiger partial charge in [-0.1, -0.05) is 49.4 Å². The van der Waals surface area contributed by atoms with Gasteiger partial charge in [-0.3, -0.25) is 4.79 Å². The molecule has 1 amide bonds. The van der Waals surface area contributed by atoms with Crippen molar-refractivity contribution in [2.75, 3.05) is 5.32 Å². The molecule has 1 heterocycles. The van der Waals surface area contributed by atoms with Gasteiger partial charge < -0.3 is 5.32 Å². The van der Waals surface area contributed by atoms with E-state index in [2.05, 4.69) is 15.6 Å². The standard InChI is InChI=1S/C18H17FN4O/c1-12(2)17-16(18(24)20-15-11-7-6-10-14(15)19)21-22-23(17)13-8-4-3-5-9-13/h3-12H,1-2H3,(H,20,24). The van der Waals surface area contributed by atoms with Crippen LogP contribution < -0.4 is 5.32 Å². The van der Waals surface area contributed by atoms with Crippen LogP contribution in [0.4, 0.5) is 10.1 Å². The summed E-state index contributed by atoms with van der Waals surface area (Å²) in [5.74, 6) is -0.958. The molecule has 1 N–H and O–H groups in total. The van der Waals surface area contributed by atoms with E-state index in [1.807, 2.05) is 44.2 Å². The number of benzene rings is 2. The minimum absolute atomic E-state index is 0.0153. The number of carbonyl (C=O) groups excluding carboxylic acids is 1. The first-order valence-electron chi connectivity index (χ1n) is 7.65. The lowest BCUT2D eigenvalue weighted by Crippen LogP contribution is -2.17. The highest BCUT2D eigenvalue weighted by Crippen LogP contribution is 2.22. The van der Waals surface area contributed by atoms with Crippen molar-refractivity contribution >= 4 is 11.6 Å². The number of nitrogens with one attached hydrogen (secondary N) is 1. The van der Waals surface area contributed by atoms with Gasteiger partial charge in [0.15, 0.2) is 5.69 Å². The molecule has 0 saturated heterocycles. The zero-order valence-electron chi connectivity index (χ0n) is 13.4. The zero-order valence-corrected chi connectivity index (χ0v) is 13.4. The molecular formula is C18H17FN4O. The van der Waals surface area contributed by atoms with Gasteiger partial charge in [0.25, 0.3) is 5.91 Å². The molecule has 1 aromatic heterocycles. The number of aromatic nitrogens is 3. The SMILES string of the molecule is CC(C)c1c(C(=O)Nc2ccccc2F)nnn1-c1ccccc1. The first-order valence-corrected chi connectivity index (χ1v) is 7.65. The van der Waals surface area contributed by atoms with Crippen LogP contribution in [0, 0.1) is 5.82 Å². The summed E-state index contributed by atoms with van der Waals surface area (Å²) in [7, 11) is 0. The molecular weight excluding hydrogens is 307 g/mol. The van der Waals surface area contributed by atoms with Gasteiger partial charge in [0.2, 0.25) is 0 Å². The van der Waals surface area contributed by atoms with E-state index >= 15 is 0 Å². The molecule has 0 unspecified atom stereocenters. The summed E-state index contributed by atoms with van der Waals surface area (Å²) in [4.78, 5) is 12.5. The fraction of sp³-hybridized carbons (Fsp3) is 0.167. The molecule has 5 nitrogen and oxygen atoms in total. The molecule has 2 aromatic carbocycles. The van der Waals surface area contributed by atoms with Gasteiger partial charge in [0.05, 0.1) is 17.1 Å². The highest BCUT2D eigenvalue weighted by atomic mass is 19.1. The first kappa shape index (κ1) is 15.9. The number of hydrogen-bond acceptors (Lipinski definition) is 3. The average Bonchev–Trinajstić information content (AvgIpc) is 3.03. The van der Waals surface area contributed by atoms with Crippen LogP contribution in [-0.4, -0.2) is 20.9 Å². The molecule has 3 rings (SSSR count). The van der Waals surface area contributed by atoms with E-state index in [0.717, 1.165) is 5.69 Å². The van der Waals surface area contributed by atoms with Crippen molar-refractivity contribution in [3.8, 4) is 5.69 Å². The minimum atomic E-state index is -0.493. The van der Waals surface area contributed by atoms with Crippen molar-refractivity contribution in [2.45, 2.75) is 19.8 Å². The van der Waals surface area contributed by atoms with Crippen molar-refractivity contribution in [1.29, 1.82) is 0 Å². The molecule has 0 spiro atoms. The molecule has 0 atom stereocenters. The summed E-state index contributed by atoms with van der Waals surface area (Å²) in [5.41, 5.74) is 1.80. The Morgan fingerprint density at radius 3 is 2.42 bits per heavy atom. The number of anilines is 1. The summed E-state index contributed by atoms with van der Waals surface area (Å²) in [6.07, 6.45) is 0. The normalized spacial score (nSPS) is 10.8. The van der Waals surface area contributed by atoms with E-state index in [1.54, 1.807) is 16.8 Å². The van der Waals surface area contributed by atoms with E-state index in [1.165, 1.54) is 12.1 Å². The van der Waals surface area contributed by atoms with Crippen LogP contribution in [0.1, 0.15) is 35.9 Å². The van der Waals surface area contributed by atoms with Gasteiger partial charge >= 0.3 is 0 Å². The quantitative estimate of drug-likeness (QED) is 0.794. The summed E-state index contributed by atoms with van der Waals surface area (Å²) < 4.78 is 15.4. The topological polar surface area (TPSA) is 59.8 Å². The van der Waals surface area contributed by atoms with Gasteiger partial charge in [-0.2, -0.15) is 0 Å². The summed E-state index contributed by atoms with van der Waals surface area (Å²) >= 11 is 0. The lowest BCUT2D eigenvalue weighted by atomic mass is 10.1. The number of carbonyl (C=O) groups is 1. The second-order valence-corrected chi connectivity index (χ2v) is 5.66. The Labute approximate surface area is 139 Å².